The predicted molar refractivity (Wildman–Crippen MR) is 105 cm³/mol. The molecular formula is C19H26FN7. The first-order valence-corrected chi connectivity index (χ1v) is 9.08. The number of nitrogens with zero attached hydrogens (tertiary/aromatic N) is 6. The number of para-hydroxylation sites is 1. The van der Waals surface area contributed by atoms with Crippen LogP contribution in [-0.4, -0.2) is 58.3 Å². The van der Waals surface area contributed by atoms with E-state index in [0.717, 1.165) is 43.8 Å². The lowest BCUT2D eigenvalue weighted by atomic mass is 10.2. The molecule has 1 N–H and O–H groups in total. The van der Waals surface area contributed by atoms with Crippen molar-refractivity contribution in [2.45, 2.75) is 13.5 Å². The fraction of sp³-hybridized carbons (Fsp3) is 0.421. The molecule has 0 atom stereocenters. The third-order valence-corrected chi connectivity index (χ3v) is 4.73. The van der Waals surface area contributed by atoms with Crippen LogP contribution < -0.4 is 10.2 Å². The zero-order valence-electron chi connectivity index (χ0n) is 15.9. The first kappa shape index (κ1) is 18.9. The van der Waals surface area contributed by atoms with Gasteiger partial charge in [-0.2, -0.15) is 0 Å². The summed E-state index contributed by atoms with van der Waals surface area (Å²) in [5.41, 5.74) is 0.657. The van der Waals surface area contributed by atoms with E-state index in [2.05, 4.69) is 31.9 Å². The molecular weight excluding hydrogens is 345 g/mol. The maximum Gasteiger partial charge on any atom is 0.194 e. The van der Waals surface area contributed by atoms with E-state index >= 15 is 0 Å². The number of aliphatic imine (C=N–C) groups is 1. The van der Waals surface area contributed by atoms with Gasteiger partial charge in [0.25, 0.3) is 0 Å². The number of aryl methyl sites for hydroxylation is 1. The van der Waals surface area contributed by atoms with Crippen molar-refractivity contribution in [2.75, 3.05) is 37.6 Å². The molecule has 1 aliphatic heterocycles. The highest BCUT2D eigenvalue weighted by atomic mass is 19.1. The molecule has 0 saturated carbocycles. The Bertz CT molecular complexity index is 806. The molecule has 1 fully saturated rings. The molecule has 27 heavy (non-hydrogen) atoms. The minimum Gasteiger partial charge on any atom is -0.366 e. The fourth-order valence-electron chi connectivity index (χ4n) is 3.03. The van der Waals surface area contributed by atoms with Gasteiger partial charge in [-0.05, 0) is 19.1 Å². The quantitative estimate of drug-likeness (QED) is 0.493. The van der Waals surface area contributed by atoms with Crippen molar-refractivity contribution in [3.05, 3.63) is 54.4 Å². The van der Waals surface area contributed by atoms with E-state index in [-0.39, 0.29) is 5.82 Å². The van der Waals surface area contributed by atoms with Gasteiger partial charge in [-0.3, -0.25) is 0 Å². The largest absolute Gasteiger partial charge is 0.366 e. The molecule has 1 saturated heterocycles. The maximum atomic E-state index is 14.0. The van der Waals surface area contributed by atoms with Gasteiger partial charge in [-0.1, -0.05) is 18.2 Å². The predicted octanol–water partition coefficient (Wildman–Crippen LogP) is 1.72. The number of anilines is 1. The first-order valence-electron chi connectivity index (χ1n) is 9.08. The molecule has 2 heterocycles. The maximum absolute atomic E-state index is 14.0. The number of halogens is 1. The SMILES string of the molecule is C=CCNC(=NCc1nnc(C)n1C)N1CCN(c2ccccc2F)CC1. The number of hydrogen-bond acceptors (Lipinski definition) is 4. The number of rotatable bonds is 5. The average molecular weight is 371 g/mol. The van der Waals surface area contributed by atoms with Crippen LogP contribution in [0.15, 0.2) is 41.9 Å². The molecule has 1 aliphatic rings. The van der Waals surface area contributed by atoms with E-state index in [4.69, 9.17) is 4.99 Å². The molecule has 1 aromatic carbocycles. The molecule has 8 heteroatoms. The number of benzene rings is 1. The second-order valence-corrected chi connectivity index (χ2v) is 6.46. The lowest BCUT2D eigenvalue weighted by molar-refractivity contribution is 0.371. The summed E-state index contributed by atoms with van der Waals surface area (Å²) < 4.78 is 16.0. The normalized spacial score (nSPS) is 15.1. The summed E-state index contributed by atoms with van der Waals surface area (Å²) in [5, 5.41) is 11.5. The number of hydrogen-bond donors (Lipinski definition) is 1. The molecule has 0 amide bonds. The average Bonchev–Trinajstić information content (AvgIpc) is 3.01. The first-order chi connectivity index (χ1) is 13.1. The molecule has 0 spiro atoms. The highest BCUT2D eigenvalue weighted by Gasteiger charge is 2.21. The Morgan fingerprint density at radius 1 is 1.26 bits per heavy atom. The molecule has 2 aromatic rings. The van der Waals surface area contributed by atoms with Crippen LogP contribution in [0, 0.1) is 12.7 Å². The second kappa shape index (κ2) is 8.66. The Morgan fingerprint density at radius 3 is 2.63 bits per heavy atom. The van der Waals surface area contributed by atoms with Crippen molar-refractivity contribution in [1.29, 1.82) is 0 Å². The third kappa shape index (κ3) is 4.45. The van der Waals surface area contributed by atoms with E-state index in [1.165, 1.54) is 6.07 Å². The van der Waals surface area contributed by atoms with Gasteiger partial charge >= 0.3 is 0 Å². The van der Waals surface area contributed by atoms with Crippen LogP contribution in [0.5, 0.6) is 0 Å². The van der Waals surface area contributed by atoms with Gasteiger partial charge in [0, 0.05) is 39.8 Å². The second-order valence-electron chi connectivity index (χ2n) is 6.46. The van der Waals surface area contributed by atoms with E-state index in [0.29, 0.717) is 18.8 Å². The summed E-state index contributed by atoms with van der Waals surface area (Å²) in [6.07, 6.45) is 1.80. The summed E-state index contributed by atoms with van der Waals surface area (Å²) in [4.78, 5) is 8.97. The van der Waals surface area contributed by atoms with Crippen LogP contribution >= 0.6 is 0 Å². The van der Waals surface area contributed by atoms with Gasteiger partial charge in [0.05, 0.1) is 5.69 Å². The topological polar surface area (TPSA) is 61.6 Å². The van der Waals surface area contributed by atoms with Crippen LogP contribution in [0.1, 0.15) is 11.6 Å². The number of nitrogens with one attached hydrogen (secondary N) is 1. The van der Waals surface area contributed by atoms with Crippen LogP contribution in [0.25, 0.3) is 0 Å². The van der Waals surface area contributed by atoms with Crippen LogP contribution in [0.2, 0.25) is 0 Å². The molecule has 0 radical (unpaired) electrons. The lowest BCUT2D eigenvalue weighted by Crippen LogP contribution is -2.52. The summed E-state index contributed by atoms with van der Waals surface area (Å²) in [7, 11) is 1.93. The Balaban J connectivity index is 1.67. The van der Waals surface area contributed by atoms with Crippen molar-refractivity contribution in [2.24, 2.45) is 12.0 Å². The van der Waals surface area contributed by atoms with Crippen molar-refractivity contribution < 1.29 is 4.39 Å². The summed E-state index contributed by atoms with van der Waals surface area (Å²) in [5.74, 6) is 2.31. The van der Waals surface area contributed by atoms with Gasteiger partial charge in [-0.25, -0.2) is 9.38 Å². The van der Waals surface area contributed by atoms with E-state index in [1.54, 1.807) is 12.1 Å². The van der Waals surface area contributed by atoms with E-state index in [9.17, 15) is 4.39 Å². The highest BCUT2D eigenvalue weighted by molar-refractivity contribution is 5.80. The molecule has 7 nitrogen and oxygen atoms in total. The van der Waals surface area contributed by atoms with Crippen LogP contribution in [0.4, 0.5) is 10.1 Å². The Morgan fingerprint density at radius 2 is 2.00 bits per heavy atom. The third-order valence-electron chi connectivity index (χ3n) is 4.73. The summed E-state index contributed by atoms with van der Waals surface area (Å²) in [6.45, 7) is 9.74. The Hall–Kier alpha value is -2.90. The minimum absolute atomic E-state index is 0.178. The minimum atomic E-state index is -0.178. The fourth-order valence-corrected chi connectivity index (χ4v) is 3.03. The molecule has 0 bridgehead atoms. The zero-order chi connectivity index (χ0) is 19.2. The Labute approximate surface area is 159 Å². The molecule has 1 aromatic heterocycles. The smallest absolute Gasteiger partial charge is 0.194 e. The van der Waals surface area contributed by atoms with E-state index < -0.39 is 0 Å². The zero-order valence-corrected chi connectivity index (χ0v) is 15.9. The van der Waals surface area contributed by atoms with Gasteiger partial charge in [0.15, 0.2) is 11.8 Å². The number of aromatic nitrogens is 3. The van der Waals surface area contributed by atoms with Crippen LogP contribution in [0.3, 0.4) is 0 Å². The standard InChI is InChI=1S/C19H26FN7/c1-4-9-21-19(22-14-18-24-23-15(2)25(18)3)27-12-10-26(11-13-27)17-8-6-5-7-16(17)20/h4-8H,1,9-14H2,2-3H3,(H,21,22). The molecule has 144 valence electrons. The Kier molecular flexibility index (Phi) is 6.05. The van der Waals surface area contributed by atoms with Crippen LogP contribution in [-0.2, 0) is 13.6 Å². The monoisotopic (exact) mass is 371 g/mol. The van der Waals surface area contributed by atoms with Crippen molar-refractivity contribution >= 4 is 11.6 Å². The van der Waals surface area contributed by atoms with Crippen molar-refractivity contribution in [3.8, 4) is 0 Å². The molecule has 0 aliphatic carbocycles. The highest BCUT2D eigenvalue weighted by Crippen LogP contribution is 2.20. The van der Waals surface area contributed by atoms with Crippen molar-refractivity contribution in [1.82, 2.24) is 25.0 Å². The molecule has 3 rings (SSSR count). The van der Waals surface area contributed by atoms with Gasteiger partial charge in [0.1, 0.15) is 18.2 Å². The van der Waals surface area contributed by atoms with E-state index in [1.807, 2.05) is 30.7 Å². The van der Waals surface area contributed by atoms with Crippen molar-refractivity contribution in [3.63, 3.8) is 0 Å². The summed E-state index contributed by atoms with van der Waals surface area (Å²) in [6, 6.07) is 6.91. The lowest BCUT2D eigenvalue weighted by Gasteiger charge is -2.37. The summed E-state index contributed by atoms with van der Waals surface area (Å²) >= 11 is 0. The molecule has 0 unspecified atom stereocenters. The van der Waals surface area contributed by atoms with Gasteiger partial charge in [-0.15, -0.1) is 16.8 Å². The number of guanidine groups is 1. The van der Waals surface area contributed by atoms with Gasteiger partial charge < -0.3 is 19.7 Å². The number of piperazine rings is 1. The van der Waals surface area contributed by atoms with Gasteiger partial charge in [0.2, 0.25) is 0 Å².